The number of hydrogen-bond donors (Lipinski definition) is 2. The molecule has 0 aromatic carbocycles. The van der Waals surface area contributed by atoms with Crippen molar-refractivity contribution in [1.29, 1.82) is 0 Å². The number of fused-ring (bicyclic) bond motifs is 2. The lowest BCUT2D eigenvalue weighted by Crippen LogP contribution is -2.24. The summed E-state index contributed by atoms with van der Waals surface area (Å²) in [4.78, 5) is 3.98. The van der Waals surface area contributed by atoms with E-state index in [9.17, 15) is 5.11 Å². The smallest absolute Gasteiger partial charge is 0.129 e. The van der Waals surface area contributed by atoms with Gasteiger partial charge in [0.1, 0.15) is 5.82 Å². The Morgan fingerprint density at radius 2 is 2.35 bits per heavy atom. The number of pyridine rings is 1. The highest BCUT2D eigenvalue weighted by atomic mass is 35.5. The number of anilines is 1. The maximum atomic E-state index is 10.4. The monoisotopic (exact) mass is 254 g/mol. The normalized spacial score (nSPS) is 32.9. The summed E-state index contributed by atoms with van der Waals surface area (Å²) in [5.74, 6) is 0.473. The first-order valence-electron chi connectivity index (χ1n) is 5.89. The van der Waals surface area contributed by atoms with Gasteiger partial charge in [-0.2, -0.15) is 0 Å². The van der Waals surface area contributed by atoms with Gasteiger partial charge in [0.05, 0.1) is 23.3 Å². The van der Waals surface area contributed by atoms with Crippen LogP contribution in [-0.4, -0.2) is 22.3 Å². The molecule has 5 heteroatoms. The van der Waals surface area contributed by atoms with E-state index in [0.29, 0.717) is 22.5 Å². The molecule has 2 aliphatic heterocycles. The Kier molecular flexibility index (Phi) is 2.73. The summed E-state index contributed by atoms with van der Waals surface area (Å²) in [6.07, 6.45) is 4.37. The number of nitrogens with zero attached hydrogens (tertiary/aromatic N) is 1. The number of aromatic nitrogens is 1. The molecule has 4 nitrogen and oxygen atoms in total. The van der Waals surface area contributed by atoms with Crippen LogP contribution in [0.15, 0.2) is 12.3 Å². The molecule has 0 saturated carbocycles. The van der Waals surface area contributed by atoms with E-state index in [1.807, 2.05) is 0 Å². The van der Waals surface area contributed by atoms with Crippen molar-refractivity contribution in [3.63, 3.8) is 0 Å². The number of ether oxygens (including phenoxy) is 1. The van der Waals surface area contributed by atoms with Crippen molar-refractivity contribution >= 4 is 17.4 Å². The maximum absolute atomic E-state index is 10.4. The molecule has 0 spiro atoms. The van der Waals surface area contributed by atoms with Gasteiger partial charge in [0, 0.05) is 17.7 Å². The Morgan fingerprint density at radius 1 is 1.53 bits per heavy atom. The van der Waals surface area contributed by atoms with E-state index in [0.717, 1.165) is 19.3 Å². The van der Waals surface area contributed by atoms with Crippen molar-refractivity contribution in [2.45, 2.75) is 37.6 Å². The van der Waals surface area contributed by atoms with Gasteiger partial charge in [-0.15, -0.1) is 0 Å². The van der Waals surface area contributed by atoms with E-state index in [1.165, 1.54) is 6.20 Å². The summed E-state index contributed by atoms with van der Waals surface area (Å²) in [6, 6.07) is 1.69. The fourth-order valence-corrected chi connectivity index (χ4v) is 3.11. The molecule has 2 aliphatic rings. The Balaban J connectivity index is 1.86. The molecule has 0 aliphatic carbocycles. The van der Waals surface area contributed by atoms with Crippen molar-refractivity contribution < 1.29 is 9.84 Å². The first-order chi connectivity index (χ1) is 8.15. The van der Waals surface area contributed by atoms with Gasteiger partial charge in [-0.3, -0.25) is 0 Å². The molecule has 2 saturated heterocycles. The lowest BCUT2D eigenvalue weighted by molar-refractivity contribution is 0.0425. The number of nitrogens with two attached hydrogens (primary N) is 1. The van der Waals surface area contributed by atoms with Crippen LogP contribution in [0.25, 0.3) is 0 Å². The van der Waals surface area contributed by atoms with Crippen LogP contribution in [-0.2, 0) is 4.74 Å². The average molecular weight is 255 g/mol. The summed E-state index contributed by atoms with van der Waals surface area (Å²) in [5.41, 5.74) is 6.41. The zero-order chi connectivity index (χ0) is 12.0. The van der Waals surface area contributed by atoms with Crippen LogP contribution in [0, 0.1) is 5.92 Å². The summed E-state index contributed by atoms with van der Waals surface area (Å²) >= 11 is 5.89. The standard InChI is InChI=1S/C12H15ClN2O2/c13-6-3-9(12(14)15-5-6)11(16)8-4-7-1-2-10(8)17-7/h3,5,7-8,10-11,16H,1-2,4H2,(H2,14,15). The van der Waals surface area contributed by atoms with Crippen LogP contribution >= 0.6 is 11.6 Å². The Morgan fingerprint density at radius 3 is 3.00 bits per heavy atom. The third-order valence-corrected chi connectivity index (χ3v) is 4.00. The lowest BCUT2D eigenvalue weighted by Gasteiger charge is -2.25. The third-order valence-electron chi connectivity index (χ3n) is 3.79. The van der Waals surface area contributed by atoms with E-state index in [1.54, 1.807) is 6.07 Å². The van der Waals surface area contributed by atoms with Crippen LogP contribution in [0.2, 0.25) is 5.02 Å². The number of halogens is 1. The summed E-state index contributed by atoms with van der Waals surface area (Å²) in [6.45, 7) is 0. The number of hydrogen-bond acceptors (Lipinski definition) is 4. The molecular weight excluding hydrogens is 240 g/mol. The van der Waals surface area contributed by atoms with Gasteiger partial charge in [-0.05, 0) is 25.3 Å². The second-order valence-electron chi connectivity index (χ2n) is 4.85. The molecule has 4 atom stereocenters. The molecule has 3 rings (SSSR count). The topological polar surface area (TPSA) is 68.4 Å². The second kappa shape index (κ2) is 4.12. The molecular formula is C12H15ClN2O2. The first kappa shape index (κ1) is 11.3. The Labute approximate surface area is 105 Å². The van der Waals surface area contributed by atoms with Crippen molar-refractivity contribution in [2.75, 3.05) is 5.73 Å². The van der Waals surface area contributed by atoms with Gasteiger partial charge < -0.3 is 15.6 Å². The van der Waals surface area contributed by atoms with Gasteiger partial charge in [0.25, 0.3) is 0 Å². The van der Waals surface area contributed by atoms with E-state index in [2.05, 4.69) is 4.98 Å². The van der Waals surface area contributed by atoms with E-state index in [-0.39, 0.29) is 12.0 Å². The molecule has 4 unspecified atom stereocenters. The molecule has 2 fully saturated rings. The van der Waals surface area contributed by atoms with Gasteiger partial charge in [0.15, 0.2) is 0 Å². The molecule has 1 aromatic rings. The Bertz CT molecular complexity index is 441. The zero-order valence-corrected chi connectivity index (χ0v) is 10.1. The summed E-state index contributed by atoms with van der Waals surface area (Å²) < 4.78 is 5.74. The van der Waals surface area contributed by atoms with Crippen molar-refractivity contribution in [3.05, 3.63) is 22.8 Å². The number of aliphatic hydroxyl groups excluding tert-OH is 1. The van der Waals surface area contributed by atoms with Crippen LogP contribution < -0.4 is 5.73 Å². The SMILES string of the molecule is Nc1ncc(Cl)cc1C(O)C1CC2CCC1O2. The predicted molar refractivity (Wildman–Crippen MR) is 64.6 cm³/mol. The Hall–Kier alpha value is -0.840. The molecule has 3 heterocycles. The minimum absolute atomic E-state index is 0.122. The van der Waals surface area contributed by atoms with E-state index in [4.69, 9.17) is 22.1 Å². The number of rotatable bonds is 2. The molecule has 3 N–H and O–H groups in total. The van der Waals surface area contributed by atoms with Gasteiger partial charge >= 0.3 is 0 Å². The minimum Gasteiger partial charge on any atom is -0.388 e. The largest absolute Gasteiger partial charge is 0.388 e. The average Bonchev–Trinajstić information content (AvgIpc) is 2.93. The van der Waals surface area contributed by atoms with Crippen LogP contribution in [0.4, 0.5) is 5.82 Å². The molecule has 0 amide bonds. The highest BCUT2D eigenvalue weighted by Crippen LogP contribution is 2.45. The molecule has 1 aromatic heterocycles. The predicted octanol–water partition coefficient (Wildman–Crippen LogP) is 1.92. The minimum atomic E-state index is -0.628. The highest BCUT2D eigenvalue weighted by Gasteiger charge is 2.44. The van der Waals surface area contributed by atoms with E-state index < -0.39 is 6.10 Å². The molecule has 17 heavy (non-hydrogen) atoms. The quantitative estimate of drug-likeness (QED) is 0.846. The molecule has 2 bridgehead atoms. The highest BCUT2D eigenvalue weighted by molar-refractivity contribution is 6.30. The fraction of sp³-hybridized carbons (Fsp3) is 0.583. The summed E-state index contributed by atoms with van der Waals surface area (Å²) in [5, 5.41) is 10.9. The van der Waals surface area contributed by atoms with Crippen molar-refractivity contribution in [1.82, 2.24) is 4.98 Å². The van der Waals surface area contributed by atoms with Crippen LogP contribution in [0.1, 0.15) is 30.9 Å². The second-order valence-corrected chi connectivity index (χ2v) is 5.28. The van der Waals surface area contributed by atoms with Crippen LogP contribution in [0.3, 0.4) is 0 Å². The van der Waals surface area contributed by atoms with Gasteiger partial charge in [0.2, 0.25) is 0 Å². The zero-order valence-electron chi connectivity index (χ0n) is 9.34. The third kappa shape index (κ3) is 1.90. The van der Waals surface area contributed by atoms with E-state index >= 15 is 0 Å². The van der Waals surface area contributed by atoms with Crippen LogP contribution in [0.5, 0.6) is 0 Å². The van der Waals surface area contributed by atoms with Crippen molar-refractivity contribution in [2.24, 2.45) is 5.92 Å². The van der Waals surface area contributed by atoms with Gasteiger partial charge in [-0.25, -0.2) is 4.98 Å². The van der Waals surface area contributed by atoms with Crippen molar-refractivity contribution in [3.8, 4) is 0 Å². The lowest BCUT2D eigenvalue weighted by atomic mass is 9.83. The molecule has 92 valence electrons. The van der Waals surface area contributed by atoms with Gasteiger partial charge in [-0.1, -0.05) is 11.6 Å². The number of nitrogen functional groups attached to an aromatic ring is 1. The first-order valence-corrected chi connectivity index (χ1v) is 6.27. The fourth-order valence-electron chi connectivity index (χ4n) is 2.94. The number of aliphatic hydroxyl groups is 1. The maximum Gasteiger partial charge on any atom is 0.129 e. The molecule has 0 radical (unpaired) electrons. The summed E-state index contributed by atoms with van der Waals surface area (Å²) in [7, 11) is 0.